The zero-order chi connectivity index (χ0) is 25.9. The molecule has 1 aromatic carbocycles. The number of amides is 1. The van der Waals surface area contributed by atoms with Gasteiger partial charge in [-0.1, -0.05) is 11.6 Å². The number of hydrogen-bond donors (Lipinski definition) is 2. The van der Waals surface area contributed by atoms with Crippen LogP contribution in [0.25, 0.3) is 0 Å². The summed E-state index contributed by atoms with van der Waals surface area (Å²) in [5.41, 5.74) is 1.49. The average Bonchev–Trinajstić information content (AvgIpc) is 2.84. The predicted octanol–water partition coefficient (Wildman–Crippen LogP) is 4.42. The third-order valence-corrected chi connectivity index (χ3v) is 7.30. The van der Waals surface area contributed by atoms with Crippen LogP contribution in [0.5, 0.6) is 5.88 Å². The van der Waals surface area contributed by atoms with Crippen molar-refractivity contribution in [1.29, 1.82) is 0 Å². The van der Waals surface area contributed by atoms with E-state index < -0.39 is 11.2 Å². The molecule has 0 aliphatic heterocycles. The van der Waals surface area contributed by atoms with Crippen molar-refractivity contribution in [1.82, 2.24) is 15.2 Å². The molecular weight excluding hydrogens is 471 g/mol. The van der Waals surface area contributed by atoms with Gasteiger partial charge in [-0.3, -0.25) is 9.59 Å². The van der Waals surface area contributed by atoms with Crippen LogP contribution in [-0.4, -0.2) is 55.6 Å². The lowest BCUT2D eigenvalue weighted by atomic mass is 9.89. The van der Waals surface area contributed by atoms with Crippen LogP contribution in [-0.2, 0) is 6.54 Å². The van der Waals surface area contributed by atoms with Crippen LogP contribution in [0.4, 0.5) is 10.1 Å². The number of ether oxygens (including phenoxy) is 1. The summed E-state index contributed by atoms with van der Waals surface area (Å²) in [6.45, 7) is 6.10. The highest BCUT2D eigenvalue weighted by atomic mass is 35.5. The van der Waals surface area contributed by atoms with Crippen molar-refractivity contribution in [3.63, 3.8) is 0 Å². The predicted molar refractivity (Wildman–Crippen MR) is 138 cm³/mol. The van der Waals surface area contributed by atoms with E-state index in [1.807, 2.05) is 13.0 Å². The van der Waals surface area contributed by atoms with E-state index in [9.17, 15) is 14.0 Å². The largest absolute Gasteiger partial charge is 0.482 e. The fraction of sp³-hybridized carbons (Fsp3) is 0.538. The number of methoxy groups -OCH3 is 1. The third-order valence-electron chi connectivity index (χ3n) is 7.08. The zero-order valence-corrected chi connectivity index (χ0v) is 22.2. The molecule has 0 atom stereocenters. The number of carbonyl (C=O) groups excluding carboxylic acids is 1. The van der Waals surface area contributed by atoms with Crippen molar-refractivity contribution in [3.8, 4) is 5.88 Å². The van der Waals surface area contributed by atoms with Gasteiger partial charge in [0.1, 0.15) is 0 Å². The third kappa shape index (κ3) is 5.81. The SMILES string of the molecule is CCN(c1cc(Cl)cc(C(=O)NCc2c(OC)[nH]c(C)c(F)c2=O)c1C)[C@H]1CC[C@H](N(C)C)CC1. The number of benzene rings is 1. The van der Waals surface area contributed by atoms with Gasteiger partial charge in [-0.25, -0.2) is 4.39 Å². The minimum Gasteiger partial charge on any atom is -0.482 e. The van der Waals surface area contributed by atoms with Gasteiger partial charge in [0.2, 0.25) is 5.43 Å². The van der Waals surface area contributed by atoms with Gasteiger partial charge < -0.3 is 24.8 Å². The molecule has 2 N–H and O–H groups in total. The van der Waals surface area contributed by atoms with Gasteiger partial charge in [0, 0.05) is 34.9 Å². The second kappa shape index (κ2) is 11.4. The van der Waals surface area contributed by atoms with Crippen molar-refractivity contribution < 1.29 is 13.9 Å². The number of aromatic amines is 1. The summed E-state index contributed by atoms with van der Waals surface area (Å²) in [6, 6.07) is 4.52. The number of rotatable bonds is 8. The number of halogens is 2. The highest BCUT2D eigenvalue weighted by Crippen LogP contribution is 2.34. The van der Waals surface area contributed by atoms with E-state index in [-0.39, 0.29) is 29.6 Å². The molecule has 0 saturated heterocycles. The minimum atomic E-state index is -0.890. The lowest BCUT2D eigenvalue weighted by Crippen LogP contribution is -2.42. The molecule has 1 saturated carbocycles. The first kappa shape index (κ1) is 27.0. The smallest absolute Gasteiger partial charge is 0.251 e. The van der Waals surface area contributed by atoms with Crippen LogP contribution in [0.3, 0.4) is 0 Å². The first-order chi connectivity index (χ1) is 16.6. The Morgan fingerprint density at radius 1 is 1.20 bits per heavy atom. The summed E-state index contributed by atoms with van der Waals surface area (Å²) >= 11 is 6.46. The van der Waals surface area contributed by atoms with Crippen LogP contribution in [0, 0.1) is 19.7 Å². The van der Waals surface area contributed by atoms with Crippen LogP contribution < -0.4 is 20.4 Å². The Bertz CT molecular complexity index is 1130. The quantitative estimate of drug-likeness (QED) is 0.554. The fourth-order valence-corrected chi connectivity index (χ4v) is 5.23. The molecule has 0 radical (unpaired) electrons. The van der Waals surface area contributed by atoms with Crippen molar-refractivity contribution in [2.45, 2.75) is 65.1 Å². The normalized spacial score (nSPS) is 18.0. The van der Waals surface area contributed by atoms with E-state index in [0.717, 1.165) is 43.5 Å². The molecule has 1 aromatic heterocycles. The molecule has 1 aliphatic rings. The van der Waals surface area contributed by atoms with E-state index in [4.69, 9.17) is 16.3 Å². The van der Waals surface area contributed by atoms with E-state index in [1.165, 1.54) is 14.0 Å². The van der Waals surface area contributed by atoms with E-state index in [0.29, 0.717) is 22.7 Å². The average molecular weight is 507 g/mol. The number of nitrogens with one attached hydrogen (secondary N) is 2. The van der Waals surface area contributed by atoms with Gasteiger partial charge in [0.25, 0.3) is 5.91 Å². The molecule has 0 spiro atoms. The molecular formula is C26H36ClFN4O3. The molecule has 192 valence electrons. The Morgan fingerprint density at radius 2 is 1.83 bits per heavy atom. The maximum absolute atomic E-state index is 14.2. The molecule has 1 amide bonds. The minimum absolute atomic E-state index is 0.0247. The molecule has 35 heavy (non-hydrogen) atoms. The molecule has 1 aliphatic carbocycles. The molecule has 0 unspecified atom stereocenters. The number of nitrogens with zero attached hydrogens (tertiary/aromatic N) is 2. The van der Waals surface area contributed by atoms with Gasteiger partial charge in [-0.15, -0.1) is 0 Å². The molecule has 3 rings (SSSR count). The Labute approximate surface area is 211 Å². The Hall–Kier alpha value is -2.58. The molecule has 1 fully saturated rings. The second-order valence-corrected chi connectivity index (χ2v) is 9.83. The van der Waals surface area contributed by atoms with Crippen molar-refractivity contribution in [2.75, 3.05) is 32.6 Å². The lowest BCUT2D eigenvalue weighted by Gasteiger charge is -2.40. The number of carbonyl (C=O) groups is 1. The van der Waals surface area contributed by atoms with Crippen molar-refractivity contribution in [2.24, 2.45) is 0 Å². The number of anilines is 1. The number of H-pyrrole nitrogens is 1. The number of hydrogen-bond acceptors (Lipinski definition) is 5. The number of aryl methyl sites for hydroxylation is 1. The maximum Gasteiger partial charge on any atom is 0.251 e. The molecule has 0 bridgehead atoms. The summed E-state index contributed by atoms with van der Waals surface area (Å²) in [4.78, 5) is 32.9. The summed E-state index contributed by atoms with van der Waals surface area (Å²) in [7, 11) is 5.64. The second-order valence-electron chi connectivity index (χ2n) is 9.40. The van der Waals surface area contributed by atoms with Crippen LogP contribution in [0.2, 0.25) is 5.02 Å². The topological polar surface area (TPSA) is 77.7 Å². The highest BCUT2D eigenvalue weighted by Gasteiger charge is 2.28. The first-order valence-corrected chi connectivity index (χ1v) is 12.4. The van der Waals surface area contributed by atoms with Crippen LogP contribution in [0.15, 0.2) is 16.9 Å². The van der Waals surface area contributed by atoms with Crippen LogP contribution >= 0.6 is 11.6 Å². The van der Waals surface area contributed by atoms with E-state index >= 15 is 0 Å². The van der Waals surface area contributed by atoms with Gasteiger partial charge in [-0.05, 0) is 78.2 Å². The van der Waals surface area contributed by atoms with Gasteiger partial charge in [-0.2, -0.15) is 0 Å². The molecule has 9 heteroatoms. The fourth-order valence-electron chi connectivity index (χ4n) is 5.02. The van der Waals surface area contributed by atoms with Crippen molar-refractivity contribution >= 4 is 23.2 Å². The summed E-state index contributed by atoms with van der Waals surface area (Å²) in [5.74, 6) is -1.15. The summed E-state index contributed by atoms with van der Waals surface area (Å²) < 4.78 is 19.4. The number of aromatic nitrogens is 1. The Kier molecular flexibility index (Phi) is 8.83. The van der Waals surface area contributed by atoms with Gasteiger partial charge >= 0.3 is 0 Å². The monoisotopic (exact) mass is 506 g/mol. The summed E-state index contributed by atoms with van der Waals surface area (Å²) in [6.07, 6.45) is 4.41. The highest BCUT2D eigenvalue weighted by molar-refractivity contribution is 6.31. The summed E-state index contributed by atoms with van der Waals surface area (Å²) in [5, 5.41) is 3.20. The maximum atomic E-state index is 14.2. The standard InChI is InChI=1S/C26H36ClFN4O3/c1-7-32(19-10-8-18(9-11-19)31(4)5)22-13-17(27)12-20(15(22)2)25(34)29-14-21-24(33)23(28)16(3)30-26(21)35-6/h12-13,18-19H,7-11,14H2,1-6H3,(H,29,34)(H,30,33)/t18-,19-. The van der Waals surface area contributed by atoms with Gasteiger partial charge in [0.15, 0.2) is 11.7 Å². The van der Waals surface area contributed by atoms with Gasteiger partial charge in [0.05, 0.1) is 24.9 Å². The number of pyridine rings is 1. The Morgan fingerprint density at radius 3 is 2.40 bits per heavy atom. The molecule has 2 aromatic rings. The Balaban J connectivity index is 1.84. The first-order valence-electron chi connectivity index (χ1n) is 12.1. The molecule has 7 nitrogen and oxygen atoms in total. The van der Waals surface area contributed by atoms with E-state index in [1.54, 1.807) is 6.07 Å². The molecule has 1 heterocycles. The lowest BCUT2D eigenvalue weighted by molar-refractivity contribution is 0.0950. The zero-order valence-electron chi connectivity index (χ0n) is 21.4. The van der Waals surface area contributed by atoms with Crippen LogP contribution in [0.1, 0.15) is 59.8 Å². The van der Waals surface area contributed by atoms with Crippen molar-refractivity contribution in [3.05, 3.63) is 55.6 Å². The van der Waals surface area contributed by atoms with E-state index in [2.05, 4.69) is 41.1 Å².